The zero-order valence-corrected chi connectivity index (χ0v) is 7.90. The van der Waals surface area contributed by atoms with Crippen LogP contribution in [0.25, 0.3) is 5.53 Å². The average molecular weight is 189 g/mol. The van der Waals surface area contributed by atoms with Gasteiger partial charge < -0.3 is 10.8 Å². The van der Waals surface area contributed by atoms with Gasteiger partial charge in [-0.05, 0) is 24.3 Å². The highest BCUT2D eigenvalue weighted by atomic mass is 16.1. The number of hydrogen-bond donors (Lipinski definition) is 1. The molecule has 0 radical (unpaired) electrons. The Morgan fingerprint density at radius 2 is 2.14 bits per heavy atom. The van der Waals surface area contributed by atoms with Crippen molar-refractivity contribution in [1.29, 1.82) is 0 Å². The molecular weight excluding hydrogens is 178 g/mol. The monoisotopic (exact) mass is 189 g/mol. The summed E-state index contributed by atoms with van der Waals surface area (Å²) in [7, 11) is 0. The Hall–Kier alpha value is -1.93. The van der Waals surface area contributed by atoms with Crippen LogP contribution in [-0.2, 0) is 4.79 Å². The Balaban J connectivity index is 2.73. The van der Waals surface area contributed by atoms with Crippen LogP contribution in [-0.4, -0.2) is 16.9 Å². The Morgan fingerprint density at radius 3 is 2.64 bits per heavy atom. The topological polar surface area (TPSA) is 65.5 Å². The quantitative estimate of drug-likeness (QED) is 0.439. The molecule has 4 nitrogen and oxygen atoms in total. The summed E-state index contributed by atoms with van der Waals surface area (Å²) in [4.78, 5) is 13.9. The molecule has 1 amide bonds. The second kappa shape index (κ2) is 4.94. The lowest BCUT2D eigenvalue weighted by molar-refractivity contribution is -0.115. The molecule has 0 spiro atoms. The summed E-state index contributed by atoms with van der Waals surface area (Å²) < 4.78 is 0. The molecule has 0 aromatic heterocycles. The van der Waals surface area contributed by atoms with Crippen molar-refractivity contribution in [3.63, 3.8) is 0 Å². The van der Waals surface area contributed by atoms with Crippen molar-refractivity contribution in [2.75, 3.05) is 5.32 Å². The predicted molar refractivity (Wildman–Crippen MR) is 54.1 cm³/mol. The van der Waals surface area contributed by atoms with Gasteiger partial charge in [0, 0.05) is 12.1 Å². The SMILES string of the molecule is CCC(=O)Nc1ccc(C=[N+]=[N-])cc1. The molecule has 1 aromatic carbocycles. The average Bonchev–Trinajstić information content (AvgIpc) is 2.21. The molecule has 14 heavy (non-hydrogen) atoms. The first-order valence-corrected chi connectivity index (χ1v) is 4.33. The molecule has 1 N–H and O–H groups in total. The molecule has 0 atom stereocenters. The maximum Gasteiger partial charge on any atom is 0.287 e. The van der Waals surface area contributed by atoms with Crippen LogP contribution in [0.4, 0.5) is 5.69 Å². The lowest BCUT2D eigenvalue weighted by Crippen LogP contribution is -2.09. The Kier molecular flexibility index (Phi) is 3.58. The molecule has 0 heterocycles. The molecule has 1 aromatic rings. The van der Waals surface area contributed by atoms with E-state index in [0.29, 0.717) is 6.42 Å². The Bertz CT molecular complexity index is 363. The maximum atomic E-state index is 11.0. The lowest BCUT2D eigenvalue weighted by Gasteiger charge is -2.01. The molecule has 0 saturated carbocycles. The molecule has 0 fully saturated rings. The summed E-state index contributed by atoms with van der Waals surface area (Å²) in [6.45, 7) is 1.79. The molecule has 0 saturated heterocycles. The van der Waals surface area contributed by atoms with Gasteiger partial charge in [-0.3, -0.25) is 4.79 Å². The van der Waals surface area contributed by atoms with Gasteiger partial charge in [0.1, 0.15) is 0 Å². The van der Waals surface area contributed by atoms with E-state index in [2.05, 4.69) is 10.1 Å². The number of nitrogens with one attached hydrogen (secondary N) is 1. The van der Waals surface area contributed by atoms with Crippen LogP contribution >= 0.6 is 0 Å². The van der Waals surface area contributed by atoms with E-state index in [1.54, 1.807) is 31.2 Å². The highest BCUT2D eigenvalue weighted by Gasteiger charge is 1.98. The van der Waals surface area contributed by atoms with Crippen molar-refractivity contribution in [2.24, 2.45) is 0 Å². The normalized spacial score (nSPS) is 8.93. The van der Waals surface area contributed by atoms with Crippen molar-refractivity contribution in [3.05, 3.63) is 35.4 Å². The van der Waals surface area contributed by atoms with Gasteiger partial charge in [0.15, 0.2) is 0 Å². The Morgan fingerprint density at radius 1 is 1.50 bits per heavy atom. The summed E-state index contributed by atoms with van der Waals surface area (Å²) in [6, 6.07) is 7.02. The molecule has 4 heteroatoms. The predicted octanol–water partition coefficient (Wildman–Crippen LogP) is 1.68. The molecule has 0 aliphatic carbocycles. The molecule has 72 valence electrons. The number of nitrogens with zero attached hydrogens (tertiary/aromatic N) is 2. The summed E-state index contributed by atoms with van der Waals surface area (Å²) in [5, 5.41) is 2.71. The van der Waals surface area contributed by atoms with E-state index in [4.69, 9.17) is 5.53 Å². The molecule has 0 bridgehead atoms. The summed E-state index contributed by atoms with van der Waals surface area (Å²) >= 11 is 0. The van der Waals surface area contributed by atoms with E-state index in [9.17, 15) is 4.79 Å². The third kappa shape index (κ3) is 2.84. The zero-order chi connectivity index (χ0) is 10.4. The summed E-state index contributed by atoms with van der Waals surface area (Å²) in [5.41, 5.74) is 9.79. The van der Waals surface area contributed by atoms with E-state index in [1.807, 2.05) is 0 Å². The smallest absolute Gasteiger partial charge is 0.287 e. The minimum atomic E-state index is -0.0198. The zero-order valence-electron chi connectivity index (χ0n) is 7.90. The van der Waals surface area contributed by atoms with Gasteiger partial charge in [0.2, 0.25) is 5.91 Å². The van der Waals surface area contributed by atoms with Crippen molar-refractivity contribution in [2.45, 2.75) is 13.3 Å². The number of anilines is 1. The van der Waals surface area contributed by atoms with Gasteiger partial charge >= 0.3 is 0 Å². The van der Waals surface area contributed by atoms with Gasteiger partial charge in [0.05, 0.1) is 5.56 Å². The van der Waals surface area contributed by atoms with Gasteiger partial charge in [-0.1, -0.05) is 6.92 Å². The number of amides is 1. The van der Waals surface area contributed by atoms with E-state index in [1.165, 1.54) is 6.21 Å². The van der Waals surface area contributed by atoms with Crippen molar-refractivity contribution in [3.8, 4) is 0 Å². The first kappa shape index (κ1) is 10.2. The van der Waals surface area contributed by atoms with E-state index >= 15 is 0 Å². The fourth-order valence-electron chi connectivity index (χ4n) is 0.969. The van der Waals surface area contributed by atoms with Gasteiger partial charge in [0.25, 0.3) is 6.21 Å². The lowest BCUT2D eigenvalue weighted by atomic mass is 10.2. The standard InChI is InChI=1S/C10H11N3O/c1-2-10(14)13-9-5-3-8(4-6-9)7-12-11/h3-7H,2H2,1H3,(H,13,14). The largest absolute Gasteiger partial charge is 0.361 e. The first-order chi connectivity index (χ1) is 6.76. The Labute approximate surface area is 82.2 Å². The van der Waals surface area contributed by atoms with Gasteiger partial charge in [-0.2, -0.15) is 4.79 Å². The maximum absolute atomic E-state index is 11.0. The van der Waals surface area contributed by atoms with E-state index < -0.39 is 0 Å². The first-order valence-electron chi connectivity index (χ1n) is 4.33. The highest BCUT2D eigenvalue weighted by Crippen LogP contribution is 2.08. The second-order valence-electron chi connectivity index (χ2n) is 2.77. The number of benzene rings is 1. The van der Waals surface area contributed by atoms with E-state index in [-0.39, 0.29) is 5.91 Å². The molecule has 1 rings (SSSR count). The van der Waals surface area contributed by atoms with Crippen LogP contribution in [0.5, 0.6) is 0 Å². The fourth-order valence-corrected chi connectivity index (χ4v) is 0.969. The van der Waals surface area contributed by atoms with Crippen molar-refractivity contribution < 1.29 is 9.58 Å². The van der Waals surface area contributed by atoms with Crippen LogP contribution in [0.1, 0.15) is 18.9 Å². The minimum absolute atomic E-state index is 0.0198. The number of rotatable bonds is 3. The number of carbonyl (C=O) groups is 1. The third-order valence-corrected chi connectivity index (χ3v) is 1.72. The highest BCUT2D eigenvalue weighted by molar-refractivity contribution is 5.90. The molecule has 0 unspecified atom stereocenters. The molecule has 0 aliphatic heterocycles. The minimum Gasteiger partial charge on any atom is -0.361 e. The van der Waals surface area contributed by atoms with Gasteiger partial charge in [-0.25, -0.2) is 0 Å². The second-order valence-corrected chi connectivity index (χ2v) is 2.77. The van der Waals surface area contributed by atoms with Crippen molar-refractivity contribution >= 4 is 17.8 Å². The van der Waals surface area contributed by atoms with Crippen LogP contribution in [0, 0.1) is 0 Å². The van der Waals surface area contributed by atoms with Crippen molar-refractivity contribution in [1.82, 2.24) is 0 Å². The van der Waals surface area contributed by atoms with E-state index in [0.717, 1.165) is 11.3 Å². The molecule has 0 aliphatic rings. The number of carbonyl (C=O) groups excluding carboxylic acids is 1. The van der Waals surface area contributed by atoms with Crippen LogP contribution < -0.4 is 5.32 Å². The molecular formula is C10H11N3O. The summed E-state index contributed by atoms with van der Waals surface area (Å²) in [6.07, 6.45) is 1.78. The van der Waals surface area contributed by atoms with Crippen LogP contribution in [0.15, 0.2) is 24.3 Å². The van der Waals surface area contributed by atoms with Gasteiger partial charge in [-0.15, -0.1) is 0 Å². The number of hydrogen-bond acceptors (Lipinski definition) is 1. The van der Waals surface area contributed by atoms with Crippen LogP contribution in [0.3, 0.4) is 0 Å². The summed E-state index contributed by atoms with van der Waals surface area (Å²) in [5.74, 6) is -0.0198. The fraction of sp³-hybridized carbons (Fsp3) is 0.200. The van der Waals surface area contributed by atoms with Crippen LogP contribution in [0.2, 0.25) is 0 Å². The third-order valence-electron chi connectivity index (χ3n) is 1.72.